The summed E-state index contributed by atoms with van der Waals surface area (Å²) in [4.78, 5) is 35.3. The summed E-state index contributed by atoms with van der Waals surface area (Å²) in [5.74, 6) is -0.893. The zero-order chi connectivity index (χ0) is 60.1. The van der Waals surface area contributed by atoms with E-state index in [2.05, 4.69) is 196 Å². The van der Waals surface area contributed by atoms with Crippen LogP contribution < -0.4 is 5.73 Å². The van der Waals surface area contributed by atoms with Crippen molar-refractivity contribution in [2.45, 2.75) is 238 Å². The molecule has 10 heteroatoms. The van der Waals surface area contributed by atoms with Crippen LogP contribution in [0, 0.1) is 0 Å². The minimum atomic E-state index is -4.42. The number of hydrogen-bond donors (Lipinski definition) is 2. The van der Waals surface area contributed by atoms with E-state index in [1.807, 2.05) is 0 Å². The molecular formula is C73H116NO8P. The summed E-state index contributed by atoms with van der Waals surface area (Å²) in [6.45, 7) is 3.44. The predicted molar refractivity (Wildman–Crippen MR) is 357 cm³/mol. The Labute approximate surface area is 507 Å². The lowest BCUT2D eigenvalue weighted by Crippen LogP contribution is -2.29. The van der Waals surface area contributed by atoms with Crippen LogP contribution in [0.4, 0.5) is 0 Å². The van der Waals surface area contributed by atoms with Gasteiger partial charge in [-0.3, -0.25) is 18.6 Å². The molecule has 0 aliphatic rings. The first-order valence-electron chi connectivity index (χ1n) is 32.3. The minimum absolute atomic E-state index is 0.0363. The van der Waals surface area contributed by atoms with Crippen LogP contribution in [-0.2, 0) is 32.7 Å². The first-order valence-corrected chi connectivity index (χ1v) is 33.8. The van der Waals surface area contributed by atoms with Gasteiger partial charge in [0.25, 0.3) is 0 Å². The molecule has 2 atom stereocenters. The molecule has 0 heterocycles. The standard InChI is InChI=1S/C73H116NO8P/c1-3-5-7-9-11-13-15-17-19-21-23-25-27-29-31-32-33-34-35-36-37-38-40-41-43-45-47-49-51-53-55-57-59-61-63-65-72(75)79-69-71(70-81-83(77,78)80-68-67-74)82-73(76)66-64-62-60-58-56-54-52-50-48-46-44-42-39-30-28-26-24-22-20-18-16-14-12-10-8-6-4-2/h5-8,11-14,17-20,23-26,29-31,33-34,36-37,39,44,46,50,52,56,58,71H,3-4,9-10,15-16,21-22,27-28,32,35,38,40-43,45,47-49,51,53-55,57,59-70,74H2,1-2H3,(H,77,78)/b7-5-,8-6-,13-11-,14-12-,19-17-,20-18-,25-23-,26-24-,31-29-,34-33-,37-36-,39-30-,46-44-,52-50-,58-56-. The highest BCUT2D eigenvalue weighted by Gasteiger charge is 2.26. The van der Waals surface area contributed by atoms with E-state index >= 15 is 0 Å². The molecule has 0 aliphatic heterocycles. The van der Waals surface area contributed by atoms with Gasteiger partial charge in [0, 0.05) is 19.4 Å². The summed E-state index contributed by atoms with van der Waals surface area (Å²) in [7, 11) is -4.42. The number of rotatable bonds is 58. The smallest absolute Gasteiger partial charge is 0.462 e. The summed E-state index contributed by atoms with van der Waals surface area (Å²) in [5.41, 5.74) is 5.39. The zero-order valence-electron chi connectivity index (χ0n) is 52.1. The van der Waals surface area contributed by atoms with Crippen molar-refractivity contribution in [2.24, 2.45) is 5.73 Å². The van der Waals surface area contributed by atoms with Crippen LogP contribution >= 0.6 is 7.82 Å². The van der Waals surface area contributed by atoms with Gasteiger partial charge in [-0.2, -0.15) is 0 Å². The lowest BCUT2D eigenvalue weighted by molar-refractivity contribution is -0.161. The van der Waals surface area contributed by atoms with E-state index in [9.17, 15) is 19.0 Å². The van der Waals surface area contributed by atoms with E-state index in [0.29, 0.717) is 12.8 Å². The second-order valence-electron chi connectivity index (χ2n) is 20.5. The number of allylic oxidation sites excluding steroid dienone is 30. The van der Waals surface area contributed by atoms with Gasteiger partial charge in [0.05, 0.1) is 13.2 Å². The lowest BCUT2D eigenvalue weighted by atomic mass is 10.0. The van der Waals surface area contributed by atoms with Gasteiger partial charge in [-0.05, 0) is 135 Å². The van der Waals surface area contributed by atoms with Crippen LogP contribution in [0.25, 0.3) is 0 Å². The van der Waals surface area contributed by atoms with Crippen LogP contribution in [0.1, 0.15) is 232 Å². The van der Waals surface area contributed by atoms with Gasteiger partial charge in [0.1, 0.15) is 6.61 Å². The molecule has 9 nitrogen and oxygen atoms in total. The number of phosphoric acid groups is 1. The quantitative estimate of drug-likeness (QED) is 0.0264. The van der Waals surface area contributed by atoms with Crippen molar-refractivity contribution in [1.29, 1.82) is 0 Å². The molecule has 0 aromatic carbocycles. The monoisotopic (exact) mass is 1170 g/mol. The second-order valence-corrected chi connectivity index (χ2v) is 22.0. The van der Waals surface area contributed by atoms with Gasteiger partial charge < -0.3 is 20.1 Å². The van der Waals surface area contributed by atoms with E-state index in [-0.39, 0.29) is 32.6 Å². The highest BCUT2D eigenvalue weighted by atomic mass is 31.2. The van der Waals surface area contributed by atoms with Crippen molar-refractivity contribution in [3.8, 4) is 0 Å². The Morgan fingerprint density at radius 2 is 0.627 bits per heavy atom. The molecule has 2 unspecified atom stereocenters. The van der Waals surface area contributed by atoms with Crippen LogP contribution in [-0.4, -0.2) is 49.3 Å². The SMILES string of the molecule is CC/C=C\C/C=C\C/C=C\C/C=C\C/C=C\C/C=C\C/C=C\C/C=C\CCCCC(=O)OC(COC(=O)CCCCCCCCCCCCCCC/C=C\C/C=C\C/C=C\C/C=C\C/C=C\C/C=C\C/C=C\CC)COP(=O)(O)OCCN. The number of esters is 2. The number of hydrogen-bond acceptors (Lipinski definition) is 8. The number of carbonyl (C=O) groups is 2. The van der Waals surface area contributed by atoms with Gasteiger partial charge in [-0.1, -0.05) is 267 Å². The zero-order valence-corrected chi connectivity index (χ0v) is 53.0. The number of nitrogens with two attached hydrogens (primary N) is 1. The summed E-state index contributed by atoms with van der Waals surface area (Å²) < 4.78 is 33.1. The van der Waals surface area contributed by atoms with Crippen LogP contribution in [0.5, 0.6) is 0 Å². The van der Waals surface area contributed by atoms with E-state index in [4.69, 9.17) is 24.3 Å². The Balaban J connectivity index is 4.05. The van der Waals surface area contributed by atoms with Crippen molar-refractivity contribution in [3.05, 3.63) is 182 Å². The molecule has 83 heavy (non-hydrogen) atoms. The molecule has 0 spiro atoms. The number of carbonyl (C=O) groups excluding carboxylic acids is 2. The Kier molecular flexibility index (Phi) is 62.3. The summed E-state index contributed by atoms with van der Waals surface area (Å²) >= 11 is 0. The third-order valence-electron chi connectivity index (χ3n) is 12.8. The fraction of sp³-hybridized carbons (Fsp3) is 0.562. The van der Waals surface area contributed by atoms with Crippen molar-refractivity contribution in [2.75, 3.05) is 26.4 Å². The Hall–Kier alpha value is -4.89. The molecule has 0 saturated carbocycles. The maximum absolute atomic E-state index is 12.7. The number of phosphoric ester groups is 1. The molecule has 0 radical (unpaired) electrons. The summed E-state index contributed by atoms with van der Waals surface area (Å²) in [6, 6.07) is 0. The molecule has 0 bridgehead atoms. The van der Waals surface area contributed by atoms with Gasteiger partial charge in [-0.25, -0.2) is 4.57 Å². The third-order valence-corrected chi connectivity index (χ3v) is 13.8. The van der Waals surface area contributed by atoms with E-state index in [0.717, 1.165) is 128 Å². The largest absolute Gasteiger partial charge is 0.472 e. The average molecular weight is 1170 g/mol. The molecule has 3 N–H and O–H groups in total. The van der Waals surface area contributed by atoms with Gasteiger partial charge in [0.2, 0.25) is 0 Å². The first kappa shape index (κ1) is 78.1. The van der Waals surface area contributed by atoms with E-state index in [1.165, 1.54) is 64.2 Å². The molecule has 0 saturated heterocycles. The number of unbranched alkanes of at least 4 members (excludes halogenated alkanes) is 15. The molecular weight excluding hydrogens is 1050 g/mol. The van der Waals surface area contributed by atoms with E-state index in [1.54, 1.807) is 0 Å². The molecule has 0 aromatic heterocycles. The highest BCUT2D eigenvalue weighted by Crippen LogP contribution is 2.43. The summed E-state index contributed by atoms with van der Waals surface area (Å²) in [5, 5.41) is 0. The molecule has 466 valence electrons. The Morgan fingerprint density at radius 3 is 0.952 bits per heavy atom. The maximum atomic E-state index is 12.7. The van der Waals surface area contributed by atoms with Crippen LogP contribution in [0.2, 0.25) is 0 Å². The number of ether oxygens (including phenoxy) is 2. The molecule has 0 fully saturated rings. The maximum Gasteiger partial charge on any atom is 0.472 e. The molecule has 0 amide bonds. The Bertz CT molecular complexity index is 2010. The predicted octanol–water partition coefficient (Wildman–Crippen LogP) is 21.2. The second kappa shape index (κ2) is 66.3. The van der Waals surface area contributed by atoms with Crippen LogP contribution in [0.3, 0.4) is 0 Å². The van der Waals surface area contributed by atoms with Crippen molar-refractivity contribution in [3.63, 3.8) is 0 Å². The van der Waals surface area contributed by atoms with Crippen molar-refractivity contribution < 1.29 is 37.6 Å². The van der Waals surface area contributed by atoms with Crippen molar-refractivity contribution >= 4 is 19.8 Å². The fourth-order valence-corrected chi connectivity index (χ4v) is 8.87. The third kappa shape index (κ3) is 66.1. The minimum Gasteiger partial charge on any atom is -0.462 e. The molecule has 0 rings (SSSR count). The first-order chi connectivity index (χ1) is 40.8. The van der Waals surface area contributed by atoms with E-state index < -0.39 is 32.5 Å². The summed E-state index contributed by atoms with van der Waals surface area (Å²) in [6.07, 6.45) is 99.6. The fourth-order valence-electron chi connectivity index (χ4n) is 8.10. The van der Waals surface area contributed by atoms with Crippen LogP contribution in [0.15, 0.2) is 182 Å². The average Bonchev–Trinajstić information content (AvgIpc) is 3.48. The lowest BCUT2D eigenvalue weighted by Gasteiger charge is -2.19. The highest BCUT2D eigenvalue weighted by molar-refractivity contribution is 7.47. The van der Waals surface area contributed by atoms with Crippen molar-refractivity contribution in [1.82, 2.24) is 0 Å². The topological polar surface area (TPSA) is 134 Å². The molecule has 0 aromatic rings. The van der Waals surface area contributed by atoms with Gasteiger partial charge in [-0.15, -0.1) is 0 Å². The van der Waals surface area contributed by atoms with Gasteiger partial charge in [0.15, 0.2) is 6.10 Å². The molecule has 0 aliphatic carbocycles. The normalized spacial score (nSPS) is 14.2. The Morgan fingerprint density at radius 1 is 0.361 bits per heavy atom. The van der Waals surface area contributed by atoms with Gasteiger partial charge >= 0.3 is 19.8 Å².